The molecule has 1 aliphatic rings. The monoisotopic (exact) mass is 447 g/mol. The third-order valence-electron chi connectivity index (χ3n) is 6.00. The molecule has 172 valence electrons. The van der Waals surface area contributed by atoms with E-state index < -0.39 is 5.91 Å². The Bertz CT molecular complexity index is 1180. The Morgan fingerprint density at radius 1 is 1.18 bits per heavy atom. The second kappa shape index (κ2) is 9.46. The van der Waals surface area contributed by atoms with Crippen LogP contribution in [-0.2, 0) is 11.3 Å². The highest BCUT2D eigenvalue weighted by Gasteiger charge is 2.27. The number of aryl methyl sites for hydroxylation is 2. The number of nitrogens with one attached hydrogen (secondary N) is 1. The Hall–Kier alpha value is -3.65. The SMILES string of the molecule is Cc1ccc(C)c(C(=O)NCc2ccc(-n3nc(C4CCCOC4)c(N)c3C(N)=O)cc2)c1. The number of benzene rings is 2. The molecule has 5 N–H and O–H groups in total. The number of nitrogens with zero attached hydrogens (tertiary/aromatic N) is 2. The fourth-order valence-corrected chi connectivity index (χ4v) is 4.14. The van der Waals surface area contributed by atoms with Gasteiger partial charge < -0.3 is 21.5 Å². The standard InChI is InChI=1S/C25H29N5O3/c1-15-5-6-16(2)20(12-15)25(32)28-13-17-7-9-19(10-8-17)30-23(24(27)31)21(26)22(29-30)18-4-3-11-33-14-18/h5-10,12,18H,3-4,11,13-14,26H2,1-2H3,(H2,27,31)(H,28,32). The quantitative estimate of drug-likeness (QED) is 0.536. The van der Waals surface area contributed by atoms with E-state index in [1.165, 1.54) is 4.68 Å². The van der Waals surface area contributed by atoms with E-state index in [1.807, 2.05) is 56.3 Å². The van der Waals surface area contributed by atoms with Gasteiger partial charge in [0.1, 0.15) is 0 Å². The molecule has 33 heavy (non-hydrogen) atoms. The highest BCUT2D eigenvalue weighted by atomic mass is 16.5. The number of carbonyl (C=O) groups is 2. The molecule has 0 radical (unpaired) electrons. The Morgan fingerprint density at radius 2 is 1.94 bits per heavy atom. The van der Waals surface area contributed by atoms with Crippen LogP contribution in [0.25, 0.3) is 5.69 Å². The van der Waals surface area contributed by atoms with Crippen LogP contribution in [0.5, 0.6) is 0 Å². The van der Waals surface area contributed by atoms with Crippen LogP contribution in [0.4, 0.5) is 5.69 Å². The maximum Gasteiger partial charge on any atom is 0.269 e. The summed E-state index contributed by atoms with van der Waals surface area (Å²) in [5.41, 5.74) is 17.3. The van der Waals surface area contributed by atoms with Crippen molar-refractivity contribution in [2.45, 2.75) is 39.2 Å². The molecule has 2 aromatic carbocycles. The summed E-state index contributed by atoms with van der Waals surface area (Å²) in [6, 6.07) is 13.2. The normalized spacial score (nSPS) is 15.9. The minimum absolute atomic E-state index is 0.0395. The smallest absolute Gasteiger partial charge is 0.269 e. The molecule has 3 aromatic rings. The van der Waals surface area contributed by atoms with Crippen LogP contribution in [0, 0.1) is 13.8 Å². The Kier molecular flexibility index (Phi) is 6.46. The highest BCUT2D eigenvalue weighted by molar-refractivity contribution is 5.97. The van der Waals surface area contributed by atoms with Gasteiger partial charge in [0.15, 0.2) is 5.69 Å². The van der Waals surface area contributed by atoms with E-state index in [0.717, 1.165) is 36.1 Å². The van der Waals surface area contributed by atoms with Gasteiger partial charge in [-0.05, 0) is 56.0 Å². The molecule has 1 saturated heterocycles. The number of ether oxygens (including phenoxy) is 1. The van der Waals surface area contributed by atoms with Crippen molar-refractivity contribution in [2.24, 2.45) is 5.73 Å². The number of aromatic nitrogens is 2. The van der Waals surface area contributed by atoms with Crippen molar-refractivity contribution in [3.63, 3.8) is 0 Å². The summed E-state index contributed by atoms with van der Waals surface area (Å²) in [5, 5.41) is 7.59. The number of anilines is 1. The van der Waals surface area contributed by atoms with E-state index in [-0.39, 0.29) is 17.5 Å². The highest BCUT2D eigenvalue weighted by Crippen LogP contribution is 2.32. The average Bonchev–Trinajstić information content (AvgIpc) is 3.17. The van der Waals surface area contributed by atoms with Crippen molar-refractivity contribution in [3.05, 3.63) is 76.1 Å². The number of rotatable bonds is 6. The number of amides is 2. The summed E-state index contributed by atoms with van der Waals surface area (Å²) < 4.78 is 7.06. The van der Waals surface area contributed by atoms with Gasteiger partial charge in [0.2, 0.25) is 0 Å². The van der Waals surface area contributed by atoms with E-state index in [4.69, 9.17) is 16.2 Å². The van der Waals surface area contributed by atoms with E-state index in [1.54, 1.807) is 0 Å². The van der Waals surface area contributed by atoms with Crippen LogP contribution >= 0.6 is 0 Å². The predicted molar refractivity (Wildman–Crippen MR) is 126 cm³/mol. The molecule has 0 aliphatic carbocycles. The Balaban J connectivity index is 1.52. The molecule has 4 rings (SSSR count). The fourth-order valence-electron chi connectivity index (χ4n) is 4.14. The number of hydrogen-bond acceptors (Lipinski definition) is 5. The maximum atomic E-state index is 12.6. The number of carbonyl (C=O) groups excluding carboxylic acids is 2. The Morgan fingerprint density at radius 3 is 2.61 bits per heavy atom. The minimum Gasteiger partial charge on any atom is -0.395 e. The molecule has 1 atom stereocenters. The van der Waals surface area contributed by atoms with Crippen LogP contribution in [-0.4, -0.2) is 34.8 Å². The number of nitrogen functional groups attached to an aromatic ring is 1. The number of hydrogen-bond donors (Lipinski definition) is 3. The van der Waals surface area contributed by atoms with Crippen molar-refractivity contribution in [2.75, 3.05) is 18.9 Å². The summed E-state index contributed by atoms with van der Waals surface area (Å²) in [6.07, 6.45) is 1.82. The number of primary amides is 1. The van der Waals surface area contributed by atoms with Crippen LogP contribution < -0.4 is 16.8 Å². The van der Waals surface area contributed by atoms with E-state index in [9.17, 15) is 9.59 Å². The van der Waals surface area contributed by atoms with E-state index >= 15 is 0 Å². The summed E-state index contributed by atoms with van der Waals surface area (Å²) in [5.74, 6) is -0.707. The molecule has 0 saturated carbocycles. The summed E-state index contributed by atoms with van der Waals surface area (Å²) >= 11 is 0. The molecule has 1 fully saturated rings. The zero-order valence-corrected chi connectivity index (χ0v) is 18.9. The second-order valence-electron chi connectivity index (χ2n) is 8.51. The lowest BCUT2D eigenvalue weighted by atomic mass is 9.97. The zero-order chi connectivity index (χ0) is 23.5. The van der Waals surface area contributed by atoms with Crippen LogP contribution in [0.1, 0.15) is 62.0 Å². The van der Waals surface area contributed by atoms with Gasteiger partial charge in [-0.3, -0.25) is 9.59 Å². The first-order valence-electron chi connectivity index (χ1n) is 11.1. The van der Waals surface area contributed by atoms with Gasteiger partial charge in [0, 0.05) is 24.6 Å². The largest absolute Gasteiger partial charge is 0.395 e. The van der Waals surface area contributed by atoms with Gasteiger partial charge >= 0.3 is 0 Å². The third-order valence-corrected chi connectivity index (χ3v) is 6.00. The predicted octanol–water partition coefficient (Wildman–Crippen LogP) is 2.99. The van der Waals surface area contributed by atoms with Crippen molar-refractivity contribution >= 4 is 17.5 Å². The summed E-state index contributed by atoms with van der Waals surface area (Å²) in [4.78, 5) is 24.7. The van der Waals surface area contributed by atoms with Crippen molar-refractivity contribution in [1.29, 1.82) is 0 Å². The molecule has 2 heterocycles. The molecular formula is C25H29N5O3. The van der Waals surface area contributed by atoms with Crippen LogP contribution in [0.3, 0.4) is 0 Å². The average molecular weight is 448 g/mol. The maximum absolute atomic E-state index is 12.6. The van der Waals surface area contributed by atoms with Crippen LogP contribution in [0.15, 0.2) is 42.5 Å². The Labute approximate surface area is 192 Å². The van der Waals surface area contributed by atoms with Gasteiger partial charge in [0.05, 0.1) is 23.7 Å². The second-order valence-corrected chi connectivity index (χ2v) is 8.51. The first kappa shape index (κ1) is 22.5. The lowest BCUT2D eigenvalue weighted by Gasteiger charge is -2.20. The lowest BCUT2D eigenvalue weighted by molar-refractivity contribution is 0.0794. The summed E-state index contributed by atoms with van der Waals surface area (Å²) in [7, 11) is 0. The van der Waals surface area contributed by atoms with Crippen molar-refractivity contribution in [1.82, 2.24) is 15.1 Å². The molecule has 0 spiro atoms. The van der Waals surface area contributed by atoms with Crippen LogP contribution in [0.2, 0.25) is 0 Å². The molecule has 8 heteroatoms. The van der Waals surface area contributed by atoms with Gasteiger partial charge in [-0.2, -0.15) is 5.10 Å². The van der Waals surface area contributed by atoms with Crippen molar-refractivity contribution in [3.8, 4) is 5.69 Å². The molecule has 0 bridgehead atoms. The number of nitrogens with two attached hydrogens (primary N) is 2. The molecule has 1 unspecified atom stereocenters. The van der Waals surface area contributed by atoms with Crippen molar-refractivity contribution < 1.29 is 14.3 Å². The van der Waals surface area contributed by atoms with E-state index in [0.29, 0.717) is 35.8 Å². The van der Waals surface area contributed by atoms with Gasteiger partial charge in [-0.1, -0.05) is 29.8 Å². The molecule has 8 nitrogen and oxygen atoms in total. The van der Waals surface area contributed by atoms with Gasteiger partial charge in [0.25, 0.3) is 11.8 Å². The molecular weight excluding hydrogens is 418 g/mol. The van der Waals surface area contributed by atoms with E-state index in [2.05, 4.69) is 10.4 Å². The topological polar surface area (TPSA) is 125 Å². The fraction of sp³-hybridized carbons (Fsp3) is 0.320. The minimum atomic E-state index is -0.632. The molecule has 1 aliphatic heterocycles. The first-order valence-corrected chi connectivity index (χ1v) is 11.1. The molecule has 1 aromatic heterocycles. The van der Waals surface area contributed by atoms with Gasteiger partial charge in [-0.25, -0.2) is 4.68 Å². The lowest BCUT2D eigenvalue weighted by Crippen LogP contribution is -2.23. The molecule has 2 amide bonds. The zero-order valence-electron chi connectivity index (χ0n) is 18.9. The van der Waals surface area contributed by atoms with Gasteiger partial charge in [-0.15, -0.1) is 0 Å². The summed E-state index contributed by atoms with van der Waals surface area (Å²) in [6.45, 7) is 5.51. The third kappa shape index (κ3) is 4.75. The first-order chi connectivity index (χ1) is 15.8.